The van der Waals surface area contributed by atoms with Crippen molar-refractivity contribution >= 4 is 17.6 Å². The first kappa shape index (κ1) is 22.2. The molecule has 0 saturated carbocycles. The Morgan fingerprint density at radius 2 is 1.71 bits per heavy atom. The summed E-state index contributed by atoms with van der Waals surface area (Å²) < 4.78 is 7.37. The number of amides is 1. The lowest BCUT2D eigenvalue weighted by molar-refractivity contribution is -0.137. The standard InChI is InChI=1S/C27H24N4O4/c32-25(14-7-15-26(33)34)31-23(17-22(28-31)24-13-8-16-35-24)21-18-30(20-11-5-2-6-12-20)29-27(21)19-9-3-1-4-10-19/h1-6,8-13,16-18,23,28H,7,14-15H2,(H,33,34)/t23-/m1/s1. The first-order valence-corrected chi connectivity index (χ1v) is 11.4. The molecule has 1 amide bonds. The van der Waals surface area contributed by atoms with Crippen LogP contribution in [0.15, 0.2) is 95.7 Å². The smallest absolute Gasteiger partial charge is 0.303 e. The Balaban J connectivity index is 1.57. The third-order valence-corrected chi connectivity index (χ3v) is 5.81. The van der Waals surface area contributed by atoms with Gasteiger partial charge in [-0.1, -0.05) is 48.5 Å². The highest BCUT2D eigenvalue weighted by molar-refractivity contribution is 5.81. The number of nitrogens with zero attached hydrogens (tertiary/aromatic N) is 3. The molecule has 0 spiro atoms. The van der Waals surface area contributed by atoms with Gasteiger partial charge in [0.1, 0.15) is 6.04 Å². The molecule has 0 unspecified atom stereocenters. The SMILES string of the molecule is O=C(O)CCCC(=O)N1NC(c2ccco2)=C[C@@H]1c1cn(-c2ccccc2)nc1-c1ccccc1. The summed E-state index contributed by atoms with van der Waals surface area (Å²) in [5.41, 5.74) is 7.25. The quantitative estimate of drug-likeness (QED) is 0.385. The number of nitrogens with one attached hydrogen (secondary N) is 1. The number of hydrogen-bond donors (Lipinski definition) is 2. The molecular weight excluding hydrogens is 444 g/mol. The van der Waals surface area contributed by atoms with Crippen molar-refractivity contribution in [3.8, 4) is 16.9 Å². The zero-order chi connectivity index (χ0) is 24.2. The number of rotatable bonds is 8. The number of carboxylic acids is 1. The Morgan fingerprint density at radius 3 is 2.40 bits per heavy atom. The third-order valence-electron chi connectivity index (χ3n) is 5.81. The molecule has 2 aromatic carbocycles. The highest BCUT2D eigenvalue weighted by Gasteiger charge is 2.34. The third kappa shape index (κ3) is 4.72. The van der Waals surface area contributed by atoms with Gasteiger partial charge < -0.3 is 9.52 Å². The molecule has 2 N–H and O–H groups in total. The van der Waals surface area contributed by atoms with Crippen molar-refractivity contribution in [2.75, 3.05) is 0 Å². The van der Waals surface area contributed by atoms with E-state index in [4.69, 9.17) is 14.6 Å². The molecule has 8 nitrogen and oxygen atoms in total. The van der Waals surface area contributed by atoms with Crippen LogP contribution in [0, 0.1) is 0 Å². The Hall–Kier alpha value is -4.59. The average molecular weight is 469 g/mol. The molecule has 0 saturated heterocycles. The topological polar surface area (TPSA) is 101 Å². The lowest BCUT2D eigenvalue weighted by Gasteiger charge is -2.25. The normalized spacial score (nSPS) is 15.0. The van der Waals surface area contributed by atoms with Gasteiger partial charge in [-0.2, -0.15) is 5.10 Å². The second kappa shape index (κ2) is 9.72. The summed E-state index contributed by atoms with van der Waals surface area (Å²) in [6, 6.07) is 22.7. The summed E-state index contributed by atoms with van der Waals surface area (Å²) in [4.78, 5) is 24.2. The zero-order valence-electron chi connectivity index (χ0n) is 18.9. The summed E-state index contributed by atoms with van der Waals surface area (Å²) >= 11 is 0. The van der Waals surface area contributed by atoms with Crippen molar-refractivity contribution in [1.82, 2.24) is 20.2 Å². The minimum atomic E-state index is -0.923. The lowest BCUT2D eigenvalue weighted by atomic mass is 10.0. The number of carboxylic acid groups (broad SMARTS) is 1. The van der Waals surface area contributed by atoms with Gasteiger partial charge in [-0.25, -0.2) is 9.69 Å². The van der Waals surface area contributed by atoms with Gasteiger partial charge in [0.2, 0.25) is 5.91 Å². The van der Waals surface area contributed by atoms with Crippen LogP contribution in [-0.4, -0.2) is 31.8 Å². The van der Waals surface area contributed by atoms with E-state index in [0.717, 1.165) is 22.5 Å². The molecule has 0 radical (unpaired) electrons. The van der Waals surface area contributed by atoms with Crippen LogP contribution < -0.4 is 5.43 Å². The molecule has 0 bridgehead atoms. The molecule has 1 aliphatic rings. The van der Waals surface area contributed by atoms with Crippen LogP contribution in [-0.2, 0) is 9.59 Å². The van der Waals surface area contributed by atoms with Crippen molar-refractivity contribution < 1.29 is 19.1 Å². The van der Waals surface area contributed by atoms with Gasteiger partial charge in [0.15, 0.2) is 5.76 Å². The largest absolute Gasteiger partial charge is 0.481 e. The molecule has 1 aliphatic heterocycles. The van der Waals surface area contributed by atoms with E-state index in [0.29, 0.717) is 11.5 Å². The van der Waals surface area contributed by atoms with Gasteiger partial charge in [-0.15, -0.1) is 0 Å². The number of carbonyl (C=O) groups is 2. The van der Waals surface area contributed by atoms with Crippen LogP contribution in [0.25, 0.3) is 22.6 Å². The summed E-state index contributed by atoms with van der Waals surface area (Å²) in [5, 5.41) is 15.4. The summed E-state index contributed by atoms with van der Waals surface area (Å²) in [7, 11) is 0. The minimum absolute atomic E-state index is 0.0656. The second-order valence-electron chi connectivity index (χ2n) is 8.20. The predicted molar refractivity (Wildman–Crippen MR) is 130 cm³/mol. The fraction of sp³-hybridized carbons (Fsp3) is 0.148. The monoisotopic (exact) mass is 468 g/mol. The minimum Gasteiger partial charge on any atom is -0.481 e. The molecule has 35 heavy (non-hydrogen) atoms. The molecule has 2 aromatic heterocycles. The van der Waals surface area contributed by atoms with Gasteiger partial charge in [-0.3, -0.25) is 15.0 Å². The molecular formula is C27H24N4O4. The van der Waals surface area contributed by atoms with Crippen molar-refractivity contribution in [3.05, 3.63) is 103 Å². The van der Waals surface area contributed by atoms with E-state index >= 15 is 0 Å². The van der Waals surface area contributed by atoms with Crippen molar-refractivity contribution in [2.45, 2.75) is 25.3 Å². The van der Waals surface area contributed by atoms with Gasteiger partial charge in [-0.05, 0) is 36.8 Å². The van der Waals surface area contributed by atoms with E-state index in [2.05, 4.69) is 5.43 Å². The fourth-order valence-electron chi connectivity index (χ4n) is 4.13. The molecule has 5 rings (SSSR count). The maximum Gasteiger partial charge on any atom is 0.303 e. The van der Waals surface area contributed by atoms with Gasteiger partial charge in [0.25, 0.3) is 0 Å². The van der Waals surface area contributed by atoms with E-state index in [1.165, 1.54) is 0 Å². The summed E-state index contributed by atoms with van der Waals surface area (Å²) in [6.07, 6.45) is 5.74. The van der Waals surface area contributed by atoms with Gasteiger partial charge in [0, 0.05) is 30.2 Å². The average Bonchev–Trinajstić information content (AvgIpc) is 3.64. The van der Waals surface area contributed by atoms with E-state index in [1.807, 2.05) is 83.7 Å². The predicted octanol–water partition coefficient (Wildman–Crippen LogP) is 4.82. The van der Waals surface area contributed by atoms with Crippen molar-refractivity contribution in [1.29, 1.82) is 0 Å². The number of aliphatic carboxylic acids is 1. The van der Waals surface area contributed by atoms with Crippen LogP contribution >= 0.6 is 0 Å². The van der Waals surface area contributed by atoms with Crippen LogP contribution in [0.2, 0.25) is 0 Å². The van der Waals surface area contributed by atoms with Crippen LogP contribution in [0.5, 0.6) is 0 Å². The van der Waals surface area contributed by atoms with Crippen molar-refractivity contribution in [2.24, 2.45) is 0 Å². The van der Waals surface area contributed by atoms with Crippen LogP contribution in [0.1, 0.15) is 36.6 Å². The molecule has 176 valence electrons. The van der Waals surface area contributed by atoms with Crippen LogP contribution in [0.3, 0.4) is 0 Å². The maximum atomic E-state index is 13.2. The van der Waals surface area contributed by atoms with Gasteiger partial charge in [0.05, 0.1) is 23.3 Å². The number of carbonyl (C=O) groups excluding carboxylic acids is 1. The van der Waals surface area contributed by atoms with E-state index in [-0.39, 0.29) is 25.2 Å². The molecule has 1 atom stereocenters. The number of benzene rings is 2. The Kier molecular flexibility index (Phi) is 6.17. The number of furan rings is 1. The number of aromatic nitrogens is 2. The first-order valence-electron chi connectivity index (χ1n) is 11.4. The van der Waals surface area contributed by atoms with Gasteiger partial charge >= 0.3 is 5.97 Å². The summed E-state index contributed by atoms with van der Waals surface area (Å²) in [6.45, 7) is 0. The fourth-order valence-corrected chi connectivity index (χ4v) is 4.13. The Bertz CT molecular complexity index is 1340. The number of para-hydroxylation sites is 1. The molecule has 4 aromatic rings. The number of hydrogen-bond acceptors (Lipinski definition) is 5. The Morgan fingerprint density at radius 1 is 0.971 bits per heavy atom. The molecule has 3 heterocycles. The first-order chi connectivity index (χ1) is 17.1. The molecule has 0 fully saturated rings. The van der Waals surface area contributed by atoms with E-state index < -0.39 is 12.0 Å². The summed E-state index contributed by atoms with van der Waals surface area (Å²) in [5.74, 6) is -0.526. The maximum absolute atomic E-state index is 13.2. The highest BCUT2D eigenvalue weighted by atomic mass is 16.4. The zero-order valence-corrected chi connectivity index (χ0v) is 18.9. The highest BCUT2D eigenvalue weighted by Crippen LogP contribution is 2.37. The van der Waals surface area contributed by atoms with E-state index in [1.54, 1.807) is 17.3 Å². The second-order valence-corrected chi connectivity index (χ2v) is 8.20. The van der Waals surface area contributed by atoms with Crippen molar-refractivity contribution in [3.63, 3.8) is 0 Å². The van der Waals surface area contributed by atoms with Crippen LogP contribution in [0.4, 0.5) is 0 Å². The van der Waals surface area contributed by atoms with E-state index in [9.17, 15) is 9.59 Å². The molecule has 0 aliphatic carbocycles. The lowest BCUT2D eigenvalue weighted by Crippen LogP contribution is -2.39. The Labute approximate surface area is 202 Å². The molecule has 8 heteroatoms. The number of hydrazine groups is 1.